The number of hydrogen-bond acceptors (Lipinski definition) is 5. The highest BCUT2D eigenvalue weighted by Crippen LogP contribution is 2.17. The van der Waals surface area contributed by atoms with E-state index >= 15 is 0 Å². The highest BCUT2D eigenvalue weighted by Gasteiger charge is 2.27. The van der Waals surface area contributed by atoms with Crippen LogP contribution >= 0.6 is 0 Å². The molecule has 0 spiro atoms. The Kier molecular flexibility index (Phi) is 5.88. The normalized spacial score (nSPS) is 20.8. The molecule has 0 radical (unpaired) electrons. The first-order chi connectivity index (χ1) is 13.7. The van der Waals surface area contributed by atoms with Gasteiger partial charge in [0.25, 0.3) is 5.91 Å². The molecule has 148 valence electrons. The summed E-state index contributed by atoms with van der Waals surface area (Å²) in [5, 5.41) is 0. The zero-order chi connectivity index (χ0) is 19.3. The molecule has 1 aromatic heterocycles. The number of oxazole rings is 1. The van der Waals surface area contributed by atoms with Crippen molar-refractivity contribution >= 4 is 5.91 Å². The average Bonchev–Trinajstić information content (AvgIpc) is 3.39. The Labute approximate surface area is 166 Å². The summed E-state index contributed by atoms with van der Waals surface area (Å²) >= 11 is 0. The molecular weight excluding hydrogens is 352 g/mol. The van der Waals surface area contributed by atoms with Crippen LogP contribution in [-0.4, -0.2) is 64.4 Å². The Balaban J connectivity index is 1.27. The first-order valence-electron chi connectivity index (χ1n) is 10.1. The molecule has 0 unspecified atom stereocenters. The lowest BCUT2D eigenvalue weighted by molar-refractivity contribution is 0.0741. The van der Waals surface area contributed by atoms with Gasteiger partial charge in [-0.1, -0.05) is 49.4 Å². The summed E-state index contributed by atoms with van der Waals surface area (Å²) < 4.78 is 5.61. The molecule has 4 rings (SSSR count). The van der Waals surface area contributed by atoms with Gasteiger partial charge in [0.15, 0.2) is 5.69 Å². The molecule has 3 heterocycles. The van der Waals surface area contributed by atoms with Crippen LogP contribution < -0.4 is 0 Å². The second-order valence-electron chi connectivity index (χ2n) is 7.53. The topological polar surface area (TPSA) is 52.8 Å². The van der Waals surface area contributed by atoms with Gasteiger partial charge in [0.2, 0.25) is 5.89 Å². The Hall–Kier alpha value is -2.44. The molecule has 6 heteroatoms. The number of carbonyl (C=O) groups excluding carboxylic acids is 1. The molecular formula is C22H28N4O2. The lowest BCUT2D eigenvalue weighted by atomic mass is 10.2. The fourth-order valence-corrected chi connectivity index (χ4v) is 3.93. The number of benzene rings is 1. The third kappa shape index (κ3) is 4.34. The minimum absolute atomic E-state index is 0.0421. The van der Waals surface area contributed by atoms with Gasteiger partial charge in [0.05, 0.1) is 12.6 Å². The van der Waals surface area contributed by atoms with E-state index in [4.69, 9.17) is 4.42 Å². The van der Waals surface area contributed by atoms with Crippen molar-refractivity contribution in [1.29, 1.82) is 0 Å². The summed E-state index contributed by atoms with van der Waals surface area (Å²) in [7, 11) is 0. The van der Waals surface area contributed by atoms with Crippen molar-refractivity contribution in [3.8, 4) is 0 Å². The van der Waals surface area contributed by atoms with E-state index in [-0.39, 0.29) is 11.9 Å². The summed E-state index contributed by atoms with van der Waals surface area (Å²) in [6, 6.07) is 10.8. The Bertz CT molecular complexity index is 809. The minimum atomic E-state index is -0.0421. The number of nitrogens with zero attached hydrogens (tertiary/aromatic N) is 4. The van der Waals surface area contributed by atoms with Gasteiger partial charge in [-0.15, -0.1) is 0 Å². The standard InChI is InChI=1S/C22H28N4O2/c1-2-19-9-6-10-26(19)22(27)20-17-28-21(23-20)16-25-13-11-24(12-14-25)15-18-7-4-3-5-8-18/h3-9,17,19H,2,10-16H2,1H3/t19-/m1/s1. The minimum Gasteiger partial charge on any atom is -0.447 e. The Morgan fingerprint density at radius 1 is 1.11 bits per heavy atom. The van der Waals surface area contributed by atoms with Gasteiger partial charge in [-0.3, -0.25) is 14.6 Å². The predicted molar refractivity (Wildman–Crippen MR) is 108 cm³/mol. The maximum absolute atomic E-state index is 12.7. The molecule has 2 aromatic rings. The van der Waals surface area contributed by atoms with Gasteiger partial charge in [0.1, 0.15) is 6.26 Å². The van der Waals surface area contributed by atoms with Crippen molar-refractivity contribution in [3.05, 3.63) is 65.9 Å². The smallest absolute Gasteiger partial charge is 0.276 e. The van der Waals surface area contributed by atoms with Crippen LogP contribution in [0.5, 0.6) is 0 Å². The van der Waals surface area contributed by atoms with E-state index in [1.165, 1.54) is 11.8 Å². The van der Waals surface area contributed by atoms with Crippen molar-refractivity contribution < 1.29 is 9.21 Å². The molecule has 1 saturated heterocycles. The van der Waals surface area contributed by atoms with Crippen LogP contribution in [-0.2, 0) is 13.1 Å². The second kappa shape index (κ2) is 8.71. The number of carbonyl (C=O) groups is 1. The van der Waals surface area contributed by atoms with Crippen molar-refractivity contribution in [1.82, 2.24) is 19.7 Å². The Morgan fingerprint density at radius 2 is 1.82 bits per heavy atom. The predicted octanol–water partition coefficient (Wildman–Crippen LogP) is 2.78. The summed E-state index contributed by atoms with van der Waals surface area (Å²) in [6.07, 6.45) is 6.56. The maximum atomic E-state index is 12.7. The molecule has 0 N–H and O–H groups in total. The first kappa shape index (κ1) is 18.9. The zero-order valence-corrected chi connectivity index (χ0v) is 16.5. The van der Waals surface area contributed by atoms with Crippen LogP contribution in [0.4, 0.5) is 0 Å². The fourth-order valence-electron chi connectivity index (χ4n) is 3.93. The molecule has 2 aliphatic rings. The molecule has 6 nitrogen and oxygen atoms in total. The molecule has 1 fully saturated rings. The third-order valence-corrected chi connectivity index (χ3v) is 5.58. The molecule has 0 saturated carbocycles. The van der Waals surface area contributed by atoms with E-state index in [2.05, 4.69) is 58.1 Å². The Morgan fingerprint density at radius 3 is 2.54 bits per heavy atom. The summed E-state index contributed by atoms with van der Waals surface area (Å²) in [5.74, 6) is 0.583. The molecule has 1 aromatic carbocycles. The van der Waals surface area contributed by atoms with Crippen LogP contribution in [0.25, 0.3) is 0 Å². The average molecular weight is 380 g/mol. The van der Waals surface area contributed by atoms with Crippen LogP contribution in [0, 0.1) is 0 Å². The number of amides is 1. The number of aromatic nitrogens is 1. The van der Waals surface area contributed by atoms with Crippen molar-refractivity contribution in [3.63, 3.8) is 0 Å². The van der Waals surface area contributed by atoms with Crippen molar-refractivity contribution in [2.45, 2.75) is 32.5 Å². The number of piperazine rings is 1. The molecule has 0 bridgehead atoms. The third-order valence-electron chi connectivity index (χ3n) is 5.58. The zero-order valence-electron chi connectivity index (χ0n) is 16.5. The van der Waals surface area contributed by atoms with Crippen LogP contribution in [0.2, 0.25) is 0 Å². The van der Waals surface area contributed by atoms with E-state index in [1.807, 2.05) is 11.0 Å². The number of hydrogen-bond donors (Lipinski definition) is 0. The highest BCUT2D eigenvalue weighted by atomic mass is 16.3. The SMILES string of the molecule is CC[C@@H]1C=CCN1C(=O)c1coc(CN2CCN(Cc3ccccc3)CC2)n1. The van der Waals surface area contributed by atoms with Gasteiger partial charge in [-0.05, 0) is 12.0 Å². The maximum Gasteiger partial charge on any atom is 0.276 e. The monoisotopic (exact) mass is 380 g/mol. The van der Waals surface area contributed by atoms with E-state index in [0.717, 1.165) is 39.1 Å². The van der Waals surface area contributed by atoms with E-state index in [0.29, 0.717) is 24.7 Å². The number of rotatable bonds is 6. The van der Waals surface area contributed by atoms with Gasteiger partial charge in [-0.25, -0.2) is 4.98 Å². The van der Waals surface area contributed by atoms with Gasteiger partial charge in [-0.2, -0.15) is 0 Å². The lowest BCUT2D eigenvalue weighted by Crippen LogP contribution is -2.45. The largest absolute Gasteiger partial charge is 0.447 e. The molecule has 1 atom stereocenters. The van der Waals surface area contributed by atoms with E-state index in [9.17, 15) is 4.79 Å². The lowest BCUT2D eigenvalue weighted by Gasteiger charge is -2.34. The molecule has 1 amide bonds. The van der Waals surface area contributed by atoms with Crippen LogP contribution in [0.15, 0.2) is 53.2 Å². The van der Waals surface area contributed by atoms with Gasteiger partial charge < -0.3 is 9.32 Å². The quantitative estimate of drug-likeness (QED) is 0.722. The fraction of sp³-hybridized carbons (Fsp3) is 0.455. The first-order valence-corrected chi connectivity index (χ1v) is 10.1. The van der Waals surface area contributed by atoms with Crippen molar-refractivity contribution in [2.24, 2.45) is 0 Å². The molecule has 2 aliphatic heterocycles. The van der Waals surface area contributed by atoms with Crippen LogP contribution in [0.1, 0.15) is 35.3 Å². The van der Waals surface area contributed by atoms with Crippen LogP contribution in [0.3, 0.4) is 0 Å². The van der Waals surface area contributed by atoms with E-state index < -0.39 is 0 Å². The van der Waals surface area contributed by atoms with Crippen molar-refractivity contribution in [2.75, 3.05) is 32.7 Å². The highest BCUT2D eigenvalue weighted by molar-refractivity contribution is 5.92. The van der Waals surface area contributed by atoms with Gasteiger partial charge >= 0.3 is 0 Å². The summed E-state index contributed by atoms with van der Waals surface area (Å²) in [6.45, 7) is 8.41. The second-order valence-corrected chi connectivity index (χ2v) is 7.53. The summed E-state index contributed by atoms with van der Waals surface area (Å²) in [4.78, 5) is 23.8. The molecule has 0 aliphatic carbocycles. The molecule has 28 heavy (non-hydrogen) atoms. The summed E-state index contributed by atoms with van der Waals surface area (Å²) in [5.41, 5.74) is 1.77. The van der Waals surface area contributed by atoms with E-state index in [1.54, 1.807) is 0 Å². The van der Waals surface area contributed by atoms with Gasteiger partial charge in [0, 0.05) is 39.3 Å².